The molecule has 0 bridgehead atoms. The highest BCUT2D eigenvalue weighted by atomic mass is 16.6. The Labute approximate surface area is 128 Å². The summed E-state index contributed by atoms with van der Waals surface area (Å²) in [6.07, 6.45) is 5.24. The minimum absolute atomic E-state index is 0.347. The number of benzene rings is 1. The molecule has 2 aliphatic rings. The van der Waals surface area contributed by atoms with E-state index in [0.29, 0.717) is 30.7 Å². The topological polar surface area (TPSA) is 30.5 Å². The molecule has 1 N–H and O–H groups in total. The van der Waals surface area contributed by atoms with Crippen LogP contribution in [0.4, 0.5) is 0 Å². The summed E-state index contributed by atoms with van der Waals surface area (Å²) >= 11 is 0. The van der Waals surface area contributed by atoms with Crippen LogP contribution in [0.25, 0.3) is 0 Å². The Hall–Kier alpha value is -1.22. The first-order valence-corrected chi connectivity index (χ1v) is 8.19. The predicted molar refractivity (Wildman–Crippen MR) is 85.0 cm³/mol. The van der Waals surface area contributed by atoms with E-state index in [2.05, 4.69) is 38.2 Å². The molecule has 1 saturated carbocycles. The Kier molecular flexibility index (Phi) is 4.12. The molecule has 2 atom stereocenters. The van der Waals surface area contributed by atoms with Crippen LogP contribution >= 0.6 is 0 Å². The molecule has 0 aromatic heterocycles. The lowest BCUT2D eigenvalue weighted by atomic mass is 9.75. The predicted octanol–water partition coefficient (Wildman–Crippen LogP) is 4.08. The highest BCUT2D eigenvalue weighted by Gasteiger charge is 2.28. The first kappa shape index (κ1) is 14.7. The summed E-state index contributed by atoms with van der Waals surface area (Å²) in [5, 5.41) is 3.80. The van der Waals surface area contributed by atoms with Gasteiger partial charge in [-0.1, -0.05) is 26.3 Å². The van der Waals surface area contributed by atoms with Gasteiger partial charge >= 0.3 is 0 Å². The van der Waals surface area contributed by atoms with E-state index in [0.717, 1.165) is 11.5 Å². The smallest absolute Gasteiger partial charge is 0.161 e. The number of hydrogen-bond donors (Lipinski definition) is 1. The summed E-state index contributed by atoms with van der Waals surface area (Å²) in [5.74, 6) is 1.76. The van der Waals surface area contributed by atoms with Gasteiger partial charge in [0.2, 0.25) is 0 Å². The maximum atomic E-state index is 5.68. The van der Waals surface area contributed by atoms with Crippen LogP contribution in [-0.4, -0.2) is 19.3 Å². The van der Waals surface area contributed by atoms with Crippen LogP contribution in [0.15, 0.2) is 18.2 Å². The van der Waals surface area contributed by atoms with E-state index in [1.165, 1.54) is 31.2 Å². The van der Waals surface area contributed by atoms with E-state index in [-0.39, 0.29) is 0 Å². The number of nitrogens with one attached hydrogen (secondary N) is 1. The molecule has 0 saturated heterocycles. The Morgan fingerprint density at radius 1 is 1.19 bits per heavy atom. The van der Waals surface area contributed by atoms with Crippen molar-refractivity contribution in [1.29, 1.82) is 0 Å². The lowest BCUT2D eigenvalue weighted by molar-refractivity contribution is 0.171. The number of rotatable bonds is 3. The monoisotopic (exact) mass is 289 g/mol. The molecular formula is C18H27NO2. The largest absolute Gasteiger partial charge is 0.486 e. The Morgan fingerprint density at radius 3 is 2.71 bits per heavy atom. The highest BCUT2D eigenvalue weighted by Crippen LogP contribution is 2.37. The Bertz CT molecular complexity index is 498. The summed E-state index contributed by atoms with van der Waals surface area (Å²) in [6.45, 7) is 8.31. The van der Waals surface area contributed by atoms with Gasteiger partial charge in [-0.15, -0.1) is 0 Å². The highest BCUT2D eigenvalue weighted by molar-refractivity contribution is 5.44. The van der Waals surface area contributed by atoms with Crippen molar-refractivity contribution in [2.75, 3.05) is 13.2 Å². The fraction of sp³-hybridized carbons (Fsp3) is 0.667. The van der Waals surface area contributed by atoms with E-state index < -0.39 is 0 Å². The fourth-order valence-corrected chi connectivity index (χ4v) is 3.62. The average Bonchev–Trinajstić information content (AvgIpc) is 2.45. The van der Waals surface area contributed by atoms with Crippen molar-refractivity contribution in [3.8, 4) is 11.5 Å². The van der Waals surface area contributed by atoms with Crippen molar-refractivity contribution in [1.82, 2.24) is 5.32 Å². The van der Waals surface area contributed by atoms with Gasteiger partial charge in [-0.3, -0.25) is 0 Å². The van der Waals surface area contributed by atoms with Crippen LogP contribution in [0.2, 0.25) is 0 Å². The van der Waals surface area contributed by atoms with Gasteiger partial charge in [0.05, 0.1) is 0 Å². The first-order valence-electron chi connectivity index (χ1n) is 8.19. The minimum Gasteiger partial charge on any atom is -0.486 e. The normalized spacial score (nSPS) is 25.4. The molecule has 21 heavy (non-hydrogen) atoms. The lowest BCUT2D eigenvalue weighted by Gasteiger charge is -2.37. The van der Waals surface area contributed by atoms with E-state index in [1.54, 1.807) is 0 Å². The van der Waals surface area contributed by atoms with Crippen LogP contribution in [0.3, 0.4) is 0 Å². The molecule has 3 nitrogen and oxygen atoms in total. The van der Waals surface area contributed by atoms with Gasteiger partial charge in [0.1, 0.15) is 13.2 Å². The van der Waals surface area contributed by atoms with Gasteiger partial charge in [-0.05, 0) is 49.3 Å². The van der Waals surface area contributed by atoms with Crippen molar-refractivity contribution < 1.29 is 9.47 Å². The van der Waals surface area contributed by atoms with Crippen molar-refractivity contribution in [3.05, 3.63) is 23.8 Å². The van der Waals surface area contributed by atoms with Crippen LogP contribution < -0.4 is 14.8 Å². The van der Waals surface area contributed by atoms with Crippen LogP contribution in [-0.2, 0) is 0 Å². The van der Waals surface area contributed by atoms with E-state index in [1.807, 2.05) is 6.07 Å². The number of ether oxygens (including phenoxy) is 2. The summed E-state index contributed by atoms with van der Waals surface area (Å²) < 4.78 is 11.3. The maximum absolute atomic E-state index is 5.68. The summed E-state index contributed by atoms with van der Waals surface area (Å²) in [5.41, 5.74) is 1.75. The molecule has 1 aromatic rings. The zero-order valence-corrected chi connectivity index (χ0v) is 13.4. The molecule has 3 heteroatoms. The van der Waals surface area contributed by atoms with Gasteiger partial charge in [0.15, 0.2) is 11.5 Å². The SMILES string of the molecule is CC(NC1CCCC(C)(C)C1)c1ccc2c(c1)OCCO2. The van der Waals surface area contributed by atoms with Crippen molar-refractivity contribution in [2.45, 2.75) is 58.5 Å². The Morgan fingerprint density at radius 2 is 1.95 bits per heavy atom. The molecule has 1 aromatic carbocycles. The third kappa shape index (κ3) is 3.52. The van der Waals surface area contributed by atoms with Crippen molar-refractivity contribution in [2.24, 2.45) is 5.41 Å². The molecule has 0 spiro atoms. The minimum atomic E-state index is 0.347. The quantitative estimate of drug-likeness (QED) is 0.909. The van der Waals surface area contributed by atoms with E-state index in [9.17, 15) is 0 Å². The molecule has 0 radical (unpaired) electrons. The van der Waals surface area contributed by atoms with Crippen LogP contribution in [0, 0.1) is 5.41 Å². The molecule has 0 amide bonds. The van der Waals surface area contributed by atoms with Crippen molar-refractivity contribution >= 4 is 0 Å². The molecule has 3 rings (SSSR count). The molecular weight excluding hydrogens is 262 g/mol. The molecule has 1 aliphatic carbocycles. The lowest BCUT2D eigenvalue weighted by Crippen LogP contribution is -2.38. The third-order valence-corrected chi connectivity index (χ3v) is 4.76. The van der Waals surface area contributed by atoms with Gasteiger partial charge in [-0.2, -0.15) is 0 Å². The molecule has 1 fully saturated rings. The fourth-order valence-electron chi connectivity index (χ4n) is 3.62. The molecule has 1 heterocycles. The maximum Gasteiger partial charge on any atom is 0.161 e. The van der Waals surface area contributed by atoms with E-state index >= 15 is 0 Å². The van der Waals surface area contributed by atoms with Gasteiger partial charge in [-0.25, -0.2) is 0 Å². The standard InChI is InChI=1S/C18H27NO2/c1-13(19-15-5-4-8-18(2,3)12-15)14-6-7-16-17(11-14)21-10-9-20-16/h6-7,11,13,15,19H,4-5,8-10,12H2,1-3H3. The second-order valence-electron chi connectivity index (χ2n) is 7.25. The summed E-state index contributed by atoms with van der Waals surface area (Å²) in [4.78, 5) is 0. The van der Waals surface area contributed by atoms with Gasteiger partial charge < -0.3 is 14.8 Å². The van der Waals surface area contributed by atoms with Crippen LogP contribution in [0.1, 0.15) is 58.1 Å². The second-order valence-corrected chi connectivity index (χ2v) is 7.25. The first-order chi connectivity index (χ1) is 10.0. The summed E-state index contributed by atoms with van der Waals surface area (Å²) in [6, 6.07) is 7.28. The van der Waals surface area contributed by atoms with Crippen LogP contribution in [0.5, 0.6) is 11.5 Å². The number of fused-ring (bicyclic) bond motifs is 1. The number of hydrogen-bond acceptors (Lipinski definition) is 3. The van der Waals surface area contributed by atoms with Gasteiger partial charge in [0, 0.05) is 12.1 Å². The molecule has 1 aliphatic heterocycles. The third-order valence-electron chi connectivity index (χ3n) is 4.76. The van der Waals surface area contributed by atoms with Crippen molar-refractivity contribution in [3.63, 3.8) is 0 Å². The summed E-state index contributed by atoms with van der Waals surface area (Å²) in [7, 11) is 0. The average molecular weight is 289 g/mol. The molecule has 2 unspecified atom stereocenters. The Balaban J connectivity index is 1.66. The van der Waals surface area contributed by atoms with Gasteiger partial charge in [0.25, 0.3) is 0 Å². The molecule has 116 valence electrons. The zero-order valence-electron chi connectivity index (χ0n) is 13.4. The van der Waals surface area contributed by atoms with E-state index in [4.69, 9.17) is 9.47 Å². The zero-order chi connectivity index (χ0) is 14.9. The second kappa shape index (κ2) is 5.88.